The van der Waals surface area contributed by atoms with Gasteiger partial charge in [-0.15, -0.1) is 0 Å². The molecule has 122 valence electrons. The molecule has 0 saturated carbocycles. The predicted octanol–water partition coefficient (Wildman–Crippen LogP) is 4.84. The Morgan fingerprint density at radius 3 is 2.32 bits per heavy atom. The molecule has 0 aromatic heterocycles. The van der Waals surface area contributed by atoms with E-state index in [1.807, 2.05) is 45.1 Å². The molecule has 3 nitrogen and oxygen atoms in total. The minimum absolute atomic E-state index is 0.00449. The van der Waals surface area contributed by atoms with Gasteiger partial charge in [0.1, 0.15) is 0 Å². The highest BCUT2D eigenvalue weighted by molar-refractivity contribution is 6.00. The third-order valence-electron chi connectivity index (χ3n) is 3.93. The van der Waals surface area contributed by atoms with E-state index in [2.05, 4.69) is 32.7 Å². The summed E-state index contributed by atoms with van der Waals surface area (Å²) in [6.07, 6.45) is 2.41. The summed E-state index contributed by atoms with van der Waals surface area (Å²) in [5.74, 6) is 0.229. The highest BCUT2D eigenvalue weighted by Crippen LogP contribution is 2.31. The van der Waals surface area contributed by atoms with Crippen molar-refractivity contribution in [1.29, 1.82) is 0 Å². The van der Waals surface area contributed by atoms with Gasteiger partial charge >= 0.3 is 0 Å². The molecule has 0 heterocycles. The first-order valence-corrected chi connectivity index (χ1v) is 7.95. The number of aliphatic imine (C=N–C) groups is 1. The van der Waals surface area contributed by atoms with Crippen LogP contribution in [0.25, 0.3) is 0 Å². The molecule has 1 aromatic carbocycles. The Kier molecular flexibility index (Phi) is 5.92. The molecule has 0 amide bonds. The van der Waals surface area contributed by atoms with Crippen LogP contribution in [0.5, 0.6) is 0 Å². The van der Waals surface area contributed by atoms with Gasteiger partial charge in [0.05, 0.1) is 12.0 Å². The van der Waals surface area contributed by atoms with Gasteiger partial charge in [0, 0.05) is 25.6 Å². The molecule has 0 aliphatic rings. The van der Waals surface area contributed by atoms with Crippen LogP contribution in [0.3, 0.4) is 0 Å². The molecule has 0 spiro atoms. The summed E-state index contributed by atoms with van der Waals surface area (Å²) in [7, 11) is 2.00. The minimum atomic E-state index is 0.00449. The van der Waals surface area contributed by atoms with Crippen LogP contribution in [-0.4, -0.2) is 30.6 Å². The van der Waals surface area contributed by atoms with Crippen LogP contribution in [0.2, 0.25) is 0 Å². The maximum Gasteiger partial charge on any atom is 0.163 e. The number of carbonyl (C=O) groups is 1. The minimum Gasteiger partial charge on any atom is -0.366 e. The lowest BCUT2D eigenvalue weighted by Gasteiger charge is -2.20. The second kappa shape index (κ2) is 7.08. The monoisotopic (exact) mass is 302 g/mol. The van der Waals surface area contributed by atoms with Crippen molar-refractivity contribution in [3.05, 3.63) is 28.3 Å². The Morgan fingerprint density at radius 1 is 1.23 bits per heavy atom. The van der Waals surface area contributed by atoms with Crippen LogP contribution in [0.15, 0.2) is 11.1 Å². The molecule has 0 N–H and O–H groups in total. The molecule has 0 radical (unpaired) electrons. The molecule has 0 aliphatic carbocycles. The lowest BCUT2D eigenvalue weighted by atomic mass is 9.84. The van der Waals surface area contributed by atoms with Crippen LogP contribution in [0, 0.1) is 26.2 Å². The normalized spacial score (nSPS) is 12.0. The van der Waals surface area contributed by atoms with E-state index in [4.69, 9.17) is 0 Å². The maximum atomic E-state index is 12.6. The number of carbonyl (C=O) groups excluding carboxylic acids is 1. The molecule has 0 atom stereocenters. The van der Waals surface area contributed by atoms with Crippen molar-refractivity contribution >= 4 is 17.8 Å². The predicted molar refractivity (Wildman–Crippen MR) is 95.5 cm³/mol. The van der Waals surface area contributed by atoms with Crippen molar-refractivity contribution in [2.75, 3.05) is 13.6 Å². The van der Waals surface area contributed by atoms with Gasteiger partial charge in [0.15, 0.2) is 5.78 Å². The quantitative estimate of drug-likeness (QED) is 0.443. The Morgan fingerprint density at radius 2 is 1.82 bits per heavy atom. The molecule has 0 saturated heterocycles. The number of hydrogen-bond donors (Lipinski definition) is 0. The summed E-state index contributed by atoms with van der Waals surface area (Å²) in [6.45, 7) is 15.4. The van der Waals surface area contributed by atoms with Crippen molar-refractivity contribution in [3.63, 3.8) is 0 Å². The zero-order chi connectivity index (χ0) is 17.1. The van der Waals surface area contributed by atoms with Crippen molar-refractivity contribution in [2.45, 2.75) is 54.9 Å². The van der Waals surface area contributed by atoms with Crippen LogP contribution in [-0.2, 0) is 0 Å². The van der Waals surface area contributed by atoms with Crippen molar-refractivity contribution < 1.29 is 4.79 Å². The third-order valence-corrected chi connectivity index (χ3v) is 3.93. The second-order valence-electron chi connectivity index (χ2n) is 7.32. The summed E-state index contributed by atoms with van der Waals surface area (Å²) in [6, 6.07) is 2.03. The van der Waals surface area contributed by atoms with Gasteiger partial charge in [-0.3, -0.25) is 4.79 Å². The number of Topliss-reactive ketones (excluding diaryl/α,β-unsaturated/α-hetero) is 1. The summed E-state index contributed by atoms with van der Waals surface area (Å²) in [5.41, 5.74) is 4.98. The van der Waals surface area contributed by atoms with Gasteiger partial charge in [-0.2, -0.15) is 0 Å². The largest absolute Gasteiger partial charge is 0.366 e. The molecule has 22 heavy (non-hydrogen) atoms. The Labute approximate surface area is 135 Å². The van der Waals surface area contributed by atoms with Gasteiger partial charge in [0.2, 0.25) is 0 Å². The zero-order valence-corrected chi connectivity index (χ0v) is 15.4. The Bertz CT molecular complexity index is 580. The molecule has 1 rings (SSSR count). The van der Waals surface area contributed by atoms with Gasteiger partial charge in [-0.1, -0.05) is 20.8 Å². The second-order valence-corrected chi connectivity index (χ2v) is 7.32. The van der Waals surface area contributed by atoms with E-state index >= 15 is 0 Å². The summed E-state index contributed by atoms with van der Waals surface area (Å²) in [5, 5.41) is 0. The molecule has 0 bridgehead atoms. The maximum absolute atomic E-state index is 12.6. The molecule has 0 fully saturated rings. The van der Waals surface area contributed by atoms with Gasteiger partial charge < -0.3 is 4.90 Å². The van der Waals surface area contributed by atoms with Crippen LogP contribution in [0.4, 0.5) is 5.69 Å². The highest BCUT2D eigenvalue weighted by atomic mass is 16.1. The first-order chi connectivity index (χ1) is 10.1. The van der Waals surface area contributed by atoms with E-state index in [0.29, 0.717) is 6.42 Å². The van der Waals surface area contributed by atoms with Crippen molar-refractivity contribution in [1.82, 2.24) is 4.90 Å². The zero-order valence-electron chi connectivity index (χ0n) is 15.4. The smallest absolute Gasteiger partial charge is 0.163 e. The first-order valence-electron chi connectivity index (χ1n) is 7.95. The van der Waals surface area contributed by atoms with Crippen LogP contribution >= 0.6 is 0 Å². The summed E-state index contributed by atoms with van der Waals surface area (Å²) < 4.78 is 0. The lowest BCUT2D eigenvalue weighted by Crippen LogP contribution is -2.16. The third kappa shape index (κ3) is 4.69. The molecule has 3 heteroatoms. The van der Waals surface area contributed by atoms with E-state index in [1.54, 1.807) is 0 Å². The number of benzene rings is 1. The molecule has 1 aromatic rings. The fraction of sp³-hybridized carbons (Fsp3) is 0.579. The number of hydrogen-bond acceptors (Lipinski definition) is 2. The van der Waals surface area contributed by atoms with Crippen molar-refractivity contribution in [3.8, 4) is 0 Å². The fourth-order valence-corrected chi connectivity index (χ4v) is 2.44. The van der Waals surface area contributed by atoms with E-state index < -0.39 is 0 Å². The SMILES string of the molecule is CCN(C)C=Nc1cc(C)c(C(=O)CC(C)(C)C)c(C)c1C. The van der Waals surface area contributed by atoms with E-state index in [9.17, 15) is 4.79 Å². The van der Waals surface area contributed by atoms with Gasteiger partial charge in [-0.25, -0.2) is 4.99 Å². The van der Waals surface area contributed by atoms with Crippen molar-refractivity contribution in [2.24, 2.45) is 10.4 Å². The summed E-state index contributed by atoms with van der Waals surface area (Å²) in [4.78, 5) is 19.2. The summed E-state index contributed by atoms with van der Waals surface area (Å²) >= 11 is 0. The standard InChI is InChI=1S/C19H30N2O/c1-9-21(8)12-20-16-10-13(2)18(15(4)14(16)3)17(22)11-19(5,6)7/h10,12H,9,11H2,1-8H3. The van der Waals surface area contributed by atoms with Gasteiger partial charge in [0.25, 0.3) is 0 Å². The highest BCUT2D eigenvalue weighted by Gasteiger charge is 2.21. The Balaban J connectivity index is 3.22. The molecular weight excluding hydrogens is 272 g/mol. The lowest BCUT2D eigenvalue weighted by molar-refractivity contribution is 0.0938. The topological polar surface area (TPSA) is 32.7 Å². The number of ketones is 1. The average molecular weight is 302 g/mol. The average Bonchev–Trinajstić information content (AvgIpc) is 2.38. The Hall–Kier alpha value is -1.64. The van der Waals surface area contributed by atoms with Gasteiger partial charge in [-0.05, 0) is 55.9 Å². The van der Waals surface area contributed by atoms with E-state index in [1.165, 1.54) is 0 Å². The molecular formula is C19H30N2O. The van der Waals surface area contributed by atoms with Crippen LogP contribution in [0.1, 0.15) is 61.2 Å². The number of aryl methyl sites for hydroxylation is 1. The first kappa shape index (κ1) is 18.4. The fourth-order valence-electron chi connectivity index (χ4n) is 2.44. The molecule has 0 unspecified atom stereocenters. The number of rotatable bonds is 5. The number of nitrogens with zero attached hydrogens (tertiary/aromatic N) is 2. The molecule has 0 aliphatic heterocycles. The van der Waals surface area contributed by atoms with E-state index in [0.717, 1.165) is 34.5 Å². The van der Waals surface area contributed by atoms with Crippen LogP contribution < -0.4 is 0 Å². The van der Waals surface area contributed by atoms with E-state index in [-0.39, 0.29) is 11.2 Å².